The number of nitrogens with zero attached hydrogens (tertiary/aromatic N) is 2. The molecule has 1 saturated heterocycles. The van der Waals surface area contributed by atoms with E-state index < -0.39 is 4.92 Å². The molecule has 1 heterocycles. The highest BCUT2D eigenvalue weighted by atomic mass is 35.5. The molecule has 20 heavy (non-hydrogen) atoms. The Bertz CT molecular complexity index is 563. The molecule has 1 aliphatic heterocycles. The smallest absolute Gasteiger partial charge is 0.290 e. The molecule has 5 nitrogen and oxygen atoms in total. The van der Waals surface area contributed by atoms with Crippen LogP contribution in [0.3, 0.4) is 0 Å². The SMILES string of the molecule is CCC1CCCN1C(=O)c1cc(Cl)c(Cl)c([N+](=O)[O-])c1. The van der Waals surface area contributed by atoms with Crippen LogP contribution in [0.2, 0.25) is 10.0 Å². The molecule has 0 bridgehead atoms. The summed E-state index contributed by atoms with van der Waals surface area (Å²) in [5, 5.41) is 10.8. The number of nitro groups is 1. The molecule has 1 amide bonds. The van der Waals surface area contributed by atoms with Crippen LogP contribution in [-0.4, -0.2) is 28.3 Å². The van der Waals surface area contributed by atoms with Crippen molar-refractivity contribution in [2.24, 2.45) is 0 Å². The van der Waals surface area contributed by atoms with Gasteiger partial charge in [0.15, 0.2) is 0 Å². The van der Waals surface area contributed by atoms with Gasteiger partial charge in [-0.15, -0.1) is 0 Å². The third-order valence-electron chi connectivity index (χ3n) is 3.56. The molecule has 0 aliphatic carbocycles. The number of carbonyl (C=O) groups excluding carboxylic acids is 1. The number of likely N-dealkylation sites (tertiary alicyclic amines) is 1. The average molecular weight is 317 g/mol. The summed E-state index contributed by atoms with van der Waals surface area (Å²) in [5.74, 6) is -0.226. The highest BCUT2D eigenvalue weighted by Gasteiger charge is 2.30. The van der Waals surface area contributed by atoms with Gasteiger partial charge in [0.25, 0.3) is 11.6 Å². The van der Waals surface area contributed by atoms with Crippen LogP contribution in [0.15, 0.2) is 12.1 Å². The number of carbonyl (C=O) groups is 1. The van der Waals surface area contributed by atoms with Gasteiger partial charge in [-0.2, -0.15) is 0 Å². The zero-order valence-electron chi connectivity index (χ0n) is 10.9. The van der Waals surface area contributed by atoms with Gasteiger partial charge >= 0.3 is 0 Å². The molecule has 108 valence electrons. The van der Waals surface area contributed by atoms with Crippen molar-refractivity contribution in [1.82, 2.24) is 4.90 Å². The Morgan fingerprint density at radius 1 is 1.50 bits per heavy atom. The van der Waals surface area contributed by atoms with Crippen molar-refractivity contribution in [2.45, 2.75) is 32.2 Å². The second-order valence-corrected chi connectivity index (χ2v) is 5.54. The van der Waals surface area contributed by atoms with E-state index in [0.29, 0.717) is 6.54 Å². The number of nitro benzene ring substituents is 1. The Morgan fingerprint density at radius 2 is 2.20 bits per heavy atom. The fourth-order valence-electron chi connectivity index (χ4n) is 2.52. The first-order chi connectivity index (χ1) is 9.45. The maximum absolute atomic E-state index is 12.5. The standard InChI is InChI=1S/C13H14Cl2N2O3/c1-2-9-4-3-5-16(9)13(18)8-6-10(14)12(15)11(7-8)17(19)20/h6-7,9H,2-5H2,1H3. The average Bonchev–Trinajstić information content (AvgIpc) is 2.88. The molecule has 1 unspecified atom stereocenters. The summed E-state index contributed by atoms with van der Waals surface area (Å²) in [6.07, 6.45) is 2.79. The summed E-state index contributed by atoms with van der Waals surface area (Å²) in [4.78, 5) is 24.5. The summed E-state index contributed by atoms with van der Waals surface area (Å²) in [6, 6.07) is 2.78. The van der Waals surface area contributed by atoms with E-state index in [4.69, 9.17) is 23.2 Å². The maximum atomic E-state index is 12.5. The Hall–Kier alpha value is -1.33. The highest BCUT2D eigenvalue weighted by molar-refractivity contribution is 6.43. The first-order valence-corrected chi connectivity index (χ1v) is 7.15. The molecule has 0 radical (unpaired) electrons. The van der Waals surface area contributed by atoms with E-state index in [1.807, 2.05) is 6.92 Å². The number of benzene rings is 1. The van der Waals surface area contributed by atoms with Gasteiger partial charge in [-0.05, 0) is 25.3 Å². The van der Waals surface area contributed by atoms with Crippen LogP contribution in [0.25, 0.3) is 0 Å². The summed E-state index contributed by atoms with van der Waals surface area (Å²) in [5.41, 5.74) is -0.124. The van der Waals surface area contributed by atoms with Gasteiger partial charge in [0.2, 0.25) is 0 Å². The third kappa shape index (κ3) is 2.74. The van der Waals surface area contributed by atoms with Crippen molar-refractivity contribution >= 4 is 34.8 Å². The Balaban J connectivity index is 2.37. The van der Waals surface area contributed by atoms with Crippen LogP contribution in [0.4, 0.5) is 5.69 Å². The van der Waals surface area contributed by atoms with Gasteiger partial charge in [-0.3, -0.25) is 14.9 Å². The zero-order chi connectivity index (χ0) is 14.9. The lowest BCUT2D eigenvalue weighted by molar-refractivity contribution is -0.384. The number of rotatable bonds is 3. The molecule has 1 aromatic rings. The highest BCUT2D eigenvalue weighted by Crippen LogP contribution is 2.34. The van der Waals surface area contributed by atoms with Crippen LogP contribution in [0.5, 0.6) is 0 Å². The monoisotopic (exact) mass is 316 g/mol. The minimum Gasteiger partial charge on any atom is -0.336 e. The molecule has 0 N–H and O–H groups in total. The molecule has 0 saturated carbocycles. The topological polar surface area (TPSA) is 63.5 Å². The first-order valence-electron chi connectivity index (χ1n) is 6.40. The van der Waals surface area contributed by atoms with Gasteiger partial charge in [0.1, 0.15) is 5.02 Å². The van der Waals surface area contributed by atoms with Crippen molar-refractivity contribution in [3.8, 4) is 0 Å². The van der Waals surface area contributed by atoms with Crippen molar-refractivity contribution in [3.05, 3.63) is 37.9 Å². The van der Waals surface area contributed by atoms with Crippen molar-refractivity contribution in [1.29, 1.82) is 0 Å². The fourth-order valence-corrected chi connectivity index (χ4v) is 2.92. The second-order valence-electron chi connectivity index (χ2n) is 4.75. The predicted molar refractivity (Wildman–Crippen MR) is 77.5 cm³/mol. The molecule has 7 heteroatoms. The van der Waals surface area contributed by atoms with Gasteiger partial charge in [-0.1, -0.05) is 30.1 Å². The van der Waals surface area contributed by atoms with Crippen LogP contribution >= 0.6 is 23.2 Å². The molecule has 0 aromatic heterocycles. The van der Waals surface area contributed by atoms with Crippen LogP contribution in [0.1, 0.15) is 36.5 Å². The van der Waals surface area contributed by atoms with E-state index in [1.54, 1.807) is 4.90 Å². The normalized spacial score (nSPS) is 18.4. The summed E-state index contributed by atoms with van der Waals surface area (Å²) >= 11 is 11.7. The van der Waals surface area contributed by atoms with E-state index >= 15 is 0 Å². The quantitative estimate of drug-likeness (QED) is 0.627. The Labute approximate surface area is 126 Å². The minimum atomic E-state index is -0.633. The molecular weight excluding hydrogens is 303 g/mol. The molecule has 2 rings (SSSR count). The summed E-state index contributed by atoms with van der Waals surface area (Å²) < 4.78 is 0. The van der Waals surface area contributed by atoms with Crippen LogP contribution in [-0.2, 0) is 0 Å². The molecule has 0 spiro atoms. The summed E-state index contributed by atoms with van der Waals surface area (Å²) in [7, 11) is 0. The van der Waals surface area contributed by atoms with E-state index in [9.17, 15) is 14.9 Å². The largest absolute Gasteiger partial charge is 0.336 e. The van der Waals surface area contributed by atoms with Crippen LogP contribution < -0.4 is 0 Å². The number of halogens is 2. The van der Waals surface area contributed by atoms with E-state index in [-0.39, 0.29) is 33.2 Å². The molecule has 1 aromatic carbocycles. The number of hydrogen-bond donors (Lipinski definition) is 0. The Kier molecular flexibility index (Phi) is 4.50. The lowest BCUT2D eigenvalue weighted by Gasteiger charge is -2.23. The molecule has 1 atom stereocenters. The van der Waals surface area contributed by atoms with Gasteiger partial charge in [0.05, 0.1) is 9.95 Å². The molecule has 1 aliphatic rings. The lowest BCUT2D eigenvalue weighted by Crippen LogP contribution is -2.35. The first kappa shape index (κ1) is 15.1. The molecule has 1 fully saturated rings. The van der Waals surface area contributed by atoms with Crippen molar-refractivity contribution in [3.63, 3.8) is 0 Å². The van der Waals surface area contributed by atoms with Crippen molar-refractivity contribution < 1.29 is 9.72 Å². The van der Waals surface area contributed by atoms with E-state index in [0.717, 1.165) is 19.3 Å². The van der Waals surface area contributed by atoms with Crippen molar-refractivity contribution in [2.75, 3.05) is 6.54 Å². The van der Waals surface area contributed by atoms with Gasteiger partial charge in [0, 0.05) is 24.2 Å². The molecular formula is C13H14Cl2N2O3. The predicted octanol–water partition coefficient (Wildman–Crippen LogP) is 3.92. The maximum Gasteiger partial charge on any atom is 0.290 e. The van der Waals surface area contributed by atoms with Gasteiger partial charge in [-0.25, -0.2) is 0 Å². The number of hydrogen-bond acceptors (Lipinski definition) is 3. The lowest BCUT2D eigenvalue weighted by atomic mass is 10.1. The van der Waals surface area contributed by atoms with E-state index in [1.165, 1.54) is 12.1 Å². The Morgan fingerprint density at radius 3 is 2.80 bits per heavy atom. The summed E-state index contributed by atoms with van der Waals surface area (Å²) in [6.45, 7) is 2.69. The minimum absolute atomic E-state index is 0.0245. The fraction of sp³-hybridized carbons (Fsp3) is 0.462. The van der Waals surface area contributed by atoms with Gasteiger partial charge < -0.3 is 4.90 Å². The zero-order valence-corrected chi connectivity index (χ0v) is 12.4. The third-order valence-corrected chi connectivity index (χ3v) is 4.35. The number of amides is 1. The van der Waals surface area contributed by atoms with Crippen LogP contribution in [0, 0.1) is 10.1 Å². The second kappa shape index (κ2) is 5.97. The van der Waals surface area contributed by atoms with E-state index in [2.05, 4.69) is 0 Å².